The zero-order chi connectivity index (χ0) is 14.3. The van der Waals surface area contributed by atoms with Gasteiger partial charge >= 0.3 is 0 Å². The minimum Gasteiger partial charge on any atom is -0.397 e. The van der Waals surface area contributed by atoms with Crippen LogP contribution in [0.1, 0.15) is 6.92 Å². The summed E-state index contributed by atoms with van der Waals surface area (Å²) in [5.41, 5.74) is 5.95. The van der Waals surface area contributed by atoms with Gasteiger partial charge in [-0.1, -0.05) is 11.6 Å². The van der Waals surface area contributed by atoms with Gasteiger partial charge in [0.2, 0.25) is 5.95 Å². The second-order valence-electron chi connectivity index (χ2n) is 5.40. The molecule has 0 aromatic carbocycles. The number of pyridine rings is 1. The third kappa shape index (κ3) is 2.43. The molecule has 0 bridgehead atoms. The maximum absolute atomic E-state index is 13.6. The van der Waals surface area contributed by atoms with Crippen LogP contribution in [0.15, 0.2) is 6.07 Å². The summed E-state index contributed by atoms with van der Waals surface area (Å²) in [5, 5.41) is -0.105. The van der Waals surface area contributed by atoms with Gasteiger partial charge in [-0.25, -0.2) is 4.98 Å². The predicted octanol–water partition coefficient (Wildman–Crippen LogP) is 1.37. The number of ether oxygens (including phenoxy) is 1. The number of hydrogen-bond donors (Lipinski definition) is 1. The van der Waals surface area contributed by atoms with Gasteiger partial charge in [-0.05, 0) is 6.92 Å². The summed E-state index contributed by atoms with van der Waals surface area (Å²) >= 11 is 5.71. The molecule has 1 aromatic heterocycles. The van der Waals surface area contributed by atoms with Crippen LogP contribution >= 0.6 is 11.6 Å². The summed E-state index contributed by atoms with van der Waals surface area (Å²) in [4.78, 5) is 8.41. The average molecular weight is 301 g/mol. The summed E-state index contributed by atoms with van der Waals surface area (Å²) in [5.74, 6) is -0.148. The van der Waals surface area contributed by atoms with E-state index in [1.54, 1.807) is 6.07 Å². The third-order valence-corrected chi connectivity index (χ3v) is 4.40. The van der Waals surface area contributed by atoms with E-state index >= 15 is 0 Å². The van der Waals surface area contributed by atoms with Gasteiger partial charge in [0, 0.05) is 31.7 Å². The molecule has 1 atom stereocenters. The van der Waals surface area contributed by atoms with E-state index in [0.717, 1.165) is 32.8 Å². The first-order valence-corrected chi connectivity index (χ1v) is 7.14. The molecule has 110 valence electrons. The fourth-order valence-corrected chi connectivity index (χ4v) is 2.84. The molecule has 5 nitrogen and oxygen atoms in total. The molecule has 20 heavy (non-hydrogen) atoms. The molecular weight excluding hydrogens is 283 g/mol. The summed E-state index contributed by atoms with van der Waals surface area (Å²) in [6.07, 6.45) is 0. The number of piperazine rings is 1. The van der Waals surface area contributed by atoms with E-state index in [0.29, 0.717) is 11.9 Å². The van der Waals surface area contributed by atoms with Crippen LogP contribution in [0.4, 0.5) is 15.9 Å². The quantitative estimate of drug-likeness (QED) is 0.836. The van der Waals surface area contributed by atoms with Gasteiger partial charge in [0.05, 0.1) is 24.9 Å². The van der Waals surface area contributed by atoms with Crippen molar-refractivity contribution in [3.63, 3.8) is 0 Å². The highest BCUT2D eigenvalue weighted by Gasteiger charge is 2.32. The second kappa shape index (κ2) is 5.35. The number of nitrogen functional groups attached to an aromatic ring is 1. The number of nitrogens with two attached hydrogens (primary N) is 1. The Hall–Kier alpha value is -1.11. The van der Waals surface area contributed by atoms with E-state index in [-0.39, 0.29) is 16.8 Å². The first kappa shape index (κ1) is 13.9. The standard InChI is InChI=1S/C13H18ClFN4O/c1-8-5-18(9-6-20-7-9)2-3-19(8)11-4-10(16)12(14)13(15)17-11/h4,8-9H,2-3,5-7H2,1H3,(H2,16,17)/t8-/m0/s1. The molecule has 3 rings (SSSR count). The van der Waals surface area contributed by atoms with Crippen molar-refractivity contribution < 1.29 is 9.13 Å². The minimum absolute atomic E-state index is 0.105. The smallest absolute Gasteiger partial charge is 0.235 e. The number of aromatic nitrogens is 1. The highest BCUT2D eigenvalue weighted by molar-refractivity contribution is 6.33. The van der Waals surface area contributed by atoms with E-state index in [1.807, 2.05) is 0 Å². The zero-order valence-corrected chi connectivity index (χ0v) is 12.1. The van der Waals surface area contributed by atoms with Gasteiger partial charge < -0.3 is 15.4 Å². The van der Waals surface area contributed by atoms with Gasteiger partial charge in [-0.15, -0.1) is 0 Å². The highest BCUT2D eigenvalue weighted by Crippen LogP contribution is 2.28. The Bertz CT molecular complexity index is 488. The van der Waals surface area contributed by atoms with Crippen LogP contribution in [0.25, 0.3) is 0 Å². The fourth-order valence-electron chi connectivity index (χ4n) is 2.74. The molecule has 7 heteroatoms. The Morgan fingerprint density at radius 2 is 2.20 bits per heavy atom. The first-order chi connectivity index (χ1) is 9.56. The van der Waals surface area contributed by atoms with Crippen molar-refractivity contribution in [3.8, 4) is 0 Å². The predicted molar refractivity (Wildman–Crippen MR) is 76.6 cm³/mol. The van der Waals surface area contributed by atoms with Crippen LogP contribution in [0.5, 0.6) is 0 Å². The third-order valence-electron chi connectivity index (χ3n) is 4.02. The Morgan fingerprint density at radius 1 is 1.45 bits per heavy atom. The van der Waals surface area contributed by atoms with E-state index in [4.69, 9.17) is 22.1 Å². The van der Waals surface area contributed by atoms with Crippen molar-refractivity contribution in [1.29, 1.82) is 0 Å². The number of halogens is 2. The summed E-state index contributed by atoms with van der Waals surface area (Å²) < 4.78 is 18.8. The number of rotatable bonds is 2. The second-order valence-corrected chi connectivity index (χ2v) is 5.78. The van der Waals surface area contributed by atoms with Crippen LogP contribution in [-0.4, -0.2) is 54.8 Å². The first-order valence-electron chi connectivity index (χ1n) is 6.76. The van der Waals surface area contributed by atoms with Crippen molar-refractivity contribution >= 4 is 23.1 Å². The Morgan fingerprint density at radius 3 is 2.75 bits per heavy atom. The summed E-state index contributed by atoms with van der Waals surface area (Å²) in [6.45, 7) is 6.37. The average Bonchev–Trinajstić information content (AvgIpc) is 2.33. The Balaban J connectivity index is 1.75. The van der Waals surface area contributed by atoms with Crippen molar-refractivity contribution in [2.75, 3.05) is 43.5 Å². The van der Waals surface area contributed by atoms with Crippen LogP contribution in [0.3, 0.4) is 0 Å². The van der Waals surface area contributed by atoms with Gasteiger partial charge in [0.25, 0.3) is 0 Å². The van der Waals surface area contributed by atoms with Crippen molar-refractivity contribution in [1.82, 2.24) is 9.88 Å². The maximum atomic E-state index is 13.6. The van der Waals surface area contributed by atoms with Crippen LogP contribution in [0, 0.1) is 5.95 Å². The Labute approximate surface area is 122 Å². The number of anilines is 2. The molecule has 2 N–H and O–H groups in total. The molecule has 0 aliphatic carbocycles. The van der Waals surface area contributed by atoms with E-state index in [1.165, 1.54) is 0 Å². The topological polar surface area (TPSA) is 54.6 Å². The van der Waals surface area contributed by atoms with E-state index in [2.05, 4.69) is 21.7 Å². The molecular formula is C13H18ClFN4O. The van der Waals surface area contributed by atoms with Gasteiger partial charge in [-0.3, -0.25) is 4.90 Å². The maximum Gasteiger partial charge on any atom is 0.235 e. The fraction of sp³-hybridized carbons (Fsp3) is 0.615. The van der Waals surface area contributed by atoms with E-state index in [9.17, 15) is 4.39 Å². The van der Waals surface area contributed by atoms with E-state index < -0.39 is 5.95 Å². The van der Waals surface area contributed by atoms with Crippen LogP contribution in [0.2, 0.25) is 5.02 Å². The molecule has 0 radical (unpaired) electrons. The van der Waals surface area contributed by atoms with Gasteiger partial charge in [-0.2, -0.15) is 4.39 Å². The molecule has 0 saturated carbocycles. The van der Waals surface area contributed by atoms with Crippen LogP contribution < -0.4 is 10.6 Å². The lowest BCUT2D eigenvalue weighted by molar-refractivity contribution is -0.0692. The minimum atomic E-state index is -0.705. The van der Waals surface area contributed by atoms with Gasteiger partial charge in [0.15, 0.2) is 0 Å². The molecule has 0 unspecified atom stereocenters. The highest BCUT2D eigenvalue weighted by atomic mass is 35.5. The monoisotopic (exact) mass is 300 g/mol. The lowest BCUT2D eigenvalue weighted by Gasteiger charge is -2.46. The molecule has 2 saturated heterocycles. The zero-order valence-electron chi connectivity index (χ0n) is 11.4. The molecule has 2 aliphatic heterocycles. The SMILES string of the molecule is C[C@H]1CN(C2COC2)CCN1c1cc(N)c(Cl)c(F)n1. The summed E-state index contributed by atoms with van der Waals surface area (Å²) in [7, 11) is 0. The Kier molecular flexibility index (Phi) is 3.70. The molecule has 2 aliphatic rings. The lowest BCUT2D eigenvalue weighted by Crippen LogP contribution is -2.59. The molecule has 2 fully saturated rings. The number of hydrogen-bond acceptors (Lipinski definition) is 5. The van der Waals surface area contributed by atoms with Crippen molar-refractivity contribution in [3.05, 3.63) is 17.0 Å². The molecule has 3 heterocycles. The lowest BCUT2D eigenvalue weighted by atomic mass is 10.1. The van der Waals surface area contributed by atoms with Crippen molar-refractivity contribution in [2.45, 2.75) is 19.0 Å². The number of nitrogens with zero attached hydrogens (tertiary/aromatic N) is 3. The summed E-state index contributed by atoms with van der Waals surface area (Å²) in [6, 6.07) is 2.42. The van der Waals surface area contributed by atoms with Crippen LogP contribution in [-0.2, 0) is 4.74 Å². The normalized spacial score (nSPS) is 24.8. The molecule has 0 amide bonds. The largest absolute Gasteiger partial charge is 0.397 e. The molecule has 0 spiro atoms. The molecule has 1 aromatic rings. The van der Waals surface area contributed by atoms with Crippen molar-refractivity contribution in [2.24, 2.45) is 0 Å². The van der Waals surface area contributed by atoms with Gasteiger partial charge in [0.1, 0.15) is 10.8 Å².